The minimum atomic E-state index is -0.355. The van der Waals surface area contributed by atoms with Gasteiger partial charge in [0.25, 0.3) is 0 Å². The van der Waals surface area contributed by atoms with Crippen LogP contribution in [0.5, 0.6) is 0 Å². The number of aromatic nitrogens is 2. The lowest BCUT2D eigenvalue weighted by molar-refractivity contribution is -0.134. The molecule has 7 nitrogen and oxygen atoms in total. The highest BCUT2D eigenvalue weighted by molar-refractivity contribution is 6.02. The Balaban J connectivity index is 1.16. The van der Waals surface area contributed by atoms with Gasteiger partial charge in [-0.05, 0) is 55.8 Å². The van der Waals surface area contributed by atoms with Crippen molar-refractivity contribution in [1.82, 2.24) is 20.0 Å². The number of nitrogens with one attached hydrogen (secondary N) is 1. The number of hydrogen-bond donors (Lipinski definition) is 1. The van der Waals surface area contributed by atoms with Crippen molar-refractivity contribution >= 4 is 28.4 Å². The third-order valence-corrected chi connectivity index (χ3v) is 8.57. The molecule has 3 heterocycles. The lowest BCUT2D eigenvalue weighted by Crippen LogP contribution is -2.46. The lowest BCUT2D eigenvalue weighted by atomic mass is 9.82. The molecule has 1 saturated carbocycles. The number of carbonyl (C=O) groups is 2. The Labute approximate surface area is 209 Å². The first-order valence-electron chi connectivity index (χ1n) is 13.8. The summed E-state index contributed by atoms with van der Waals surface area (Å²) in [7, 11) is 1.94. The van der Waals surface area contributed by atoms with Crippen LogP contribution in [-0.2, 0) is 16.6 Å². The van der Waals surface area contributed by atoms with Gasteiger partial charge in [-0.15, -0.1) is 0 Å². The summed E-state index contributed by atoms with van der Waals surface area (Å²) < 4.78 is 1.88. The van der Waals surface area contributed by atoms with E-state index in [2.05, 4.69) is 45.3 Å². The Bertz CT molecular complexity index is 1050. The fraction of sp³-hybridized carbons (Fsp3) is 0.679. The van der Waals surface area contributed by atoms with Gasteiger partial charge in [0.05, 0.1) is 17.1 Å². The van der Waals surface area contributed by atoms with E-state index in [1.807, 2.05) is 11.7 Å². The molecule has 190 valence electrons. The predicted molar refractivity (Wildman–Crippen MR) is 139 cm³/mol. The molecule has 0 bridgehead atoms. The topological polar surface area (TPSA) is 70.5 Å². The number of amides is 2. The molecule has 2 atom stereocenters. The molecule has 7 heteroatoms. The van der Waals surface area contributed by atoms with Crippen molar-refractivity contribution in [3.05, 3.63) is 23.9 Å². The van der Waals surface area contributed by atoms with Crippen molar-refractivity contribution in [2.45, 2.75) is 70.6 Å². The molecule has 1 aliphatic carbocycles. The van der Waals surface area contributed by atoms with Gasteiger partial charge in [-0.3, -0.25) is 24.5 Å². The molecule has 2 saturated heterocycles. The molecule has 3 aliphatic rings. The second-order valence-corrected chi connectivity index (χ2v) is 11.2. The van der Waals surface area contributed by atoms with Crippen LogP contribution in [0.3, 0.4) is 0 Å². The van der Waals surface area contributed by atoms with Crippen LogP contribution in [0.4, 0.5) is 5.69 Å². The summed E-state index contributed by atoms with van der Waals surface area (Å²) in [6.45, 7) is 7.98. The summed E-state index contributed by atoms with van der Waals surface area (Å²) in [4.78, 5) is 29.1. The van der Waals surface area contributed by atoms with E-state index in [1.165, 1.54) is 57.2 Å². The first kappa shape index (κ1) is 24.3. The molecule has 2 aliphatic heterocycles. The van der Waals surface area contributed by atoms with E-state index < -0.39 is 0 Å². The SMILES string of the molecule is C[C@H](CCN1CCN(c2ccc3c(C4CCC(=O)NC4=O)nn(C)c3c2)CC1)CC1CCCCC1. The van der Waals surface area contributed by atoms with E-state index in [0.29, 0.717) is 12.8 Å². The molecule has 1 unspecified atom stereocenters. The summed E-state index contributed by atoms with van der Waals surface area (Å²) in [5.74, 6) is 1.04. The van der Waals surface area contributed by atoms with E-state index in [9.17, 15) is 9.59 Å². The Morgan fingerprint density at radius 2 is 1.83 bits per heavy atom. The number of rotatable bonds is 7. The van der Waals surface area contributed by atoms with Gasteiger partial charge in [0, 0.05) is 50.7 Å². The first-order chi connectivity index (χ1) is 17.0. The Morgan fingerprint density at radius 3 is 2.57 bits per heavy atom. The molecule has 1 aromatic carbocycles. The Hall–Kier alpha value is -2.41. The van der Waals surface area contributed by atoms with Crippen molar-refractivity contribution in [2.24, 2.45) is 18.9 Å². The fourth-order valence-electron chi connectivity index (χ4n) is 6.42. The average molecular weight is 480 g/mol. The molecule has 35 heavy (non-hydrogen) atoms. The maximum atomic E-state index is 12.4. The van der Waals surface area contributed by atoms with E-state index in [1.54, 1.807) is 0 Å². The standard InChI is InChI=1S/C28H41N5O2/c1-20(18-21-6-4-3-5-7-21)12-13-32-14-16-33(17-15-32)22-8-9-23-25(19-22)31(2)30-27(23)24-10-11-26(34)29-28(24)35/h8-9,19-21,24H,3-7,10-18H2,1-2H3,(H,29,34,35)/t20-,24?/m1/s1. The van der Waals surface area contributed by atoms with E-state index in [0.717, 1.165) is 54.6 Å². The summed E-state index contributed by atoms with van der Waals surface area (Å²) in [5.41, 5.74) is 3.05. The van der Waals surface area contributed by atoms with Crippen LogP contribution in [0.25, 0.3) is 10.9 Å². The molecule has 1 aromatic heterocycles. The molecule has 5 rings (SSSR count). The van der Waals surface area contributed by atoms with Gasteiger partial charge in [-0.1, -0.05) is 39.0 Å². The number of imide groups is 1. The maximum absolute atomic E-state index is 12.4. The van der Waals surface area contributed by atoms with E-state index >= 15 is 0 Å². The minimum Gasteiger partial charge on any atom is -0.369 e. The molecule has 2 amide bonds. The van der Waals surface area contributed by atoms with Crippen molar-refractivity contribution in [2.75, 3.05) is 37.6 Å². The van der Waals surface area contributed by atoms with Crippen molar-refractivity contribution in [3.8, 4) is 0 Å². The van der Waals surface area contributed by atoms with Crippen LogP contribution >= 0.6 is 0 Å². The average Bonchev–Trinajstić information content (AvgIpc) is 3.19. The second kappa shape index (κ2) is 10.7. The molecule has 2 aromatic rings. The zero-order valence-corrected chi connectivity index (χ0v) is 21.5. The number of benzene rings is 1. The smallest absolute Gasteiger partial charge is 0.235 e. The van der Waals surface area contributed by atoms with Gasteiger partial charge in [0.2, 0.25) is 11.8 Å². The largest absolute Gasteiger partial charge is 0.369 e. The first-order valence-corrected chi connectivity index (χ1v) is 13.8. The van der Waals surface area contributed by atoms with Crippen LogP contribution < -0.4 is 10.2 Å². The molecule has 0 radical (unpaired) electrons. The Morgan fingerprint density at radius 1 is 1.06 bits per heavy atom. The molecule has 1 N–H and O–H groups in total. The number of nitrogens with zero attached hydrogens (tertiary/aromatic N) is 4. The van der Waals surface area contributed by atoms with Crippen LogP contribution in [0.1, 0.15) is 76.3 Å². The summed E-state index contributed by atoms with van der Waals surface area (Å²) >= 11 is 0. The zero-order valence-electron chi connectivity index (χ0n) is 21.5. The predicted octanol–water partition coefficient (Wildman–Crippen LogP) is 4.21. The minimum absolute atomic E-state index is 0.188. The van der Waals surface area contributed by atoms with E-state index in [-0.39, 0.29) is 17.7 Å². The van der Waals surface area contributed by atoms with Gasteiger partial charge in [-0.25, -0.2) is 0 Å². The number of carbonyl (C=O) groups excluding carboxylic acids is 2. The highest BCUT2D eigenvalue weighted by atomic mass is 16.2. The highest BCUT2D eigenvalue weighted by Crippen LogP contribution is 2.33. The summed E-state index contributed by atoms with van der Waals surface area (Å²) in [6.07, 6.45) is 10.9. The number of piperazine rings is 1. The second-order valence-electron chi connectivity index (χ2n) is 11.2. The van der Waals surface area contributed by atoms with Crippen LogP contribution in [0.15, 0.2) is 18.2 Å². The van der Waals surface area contributed by atoms with Gasteiger partial charge < -0.3 is 4.90 Å². The number of hydrogen-bond acceptors (Lipinski definition) is 5. The number of aryl methyl sites for hydroxylation is 1. The number of fused-ring (bicyclic) bond motifs is 1. The van der Waals surface area contributed by atoms with Crippen LogP contribution in [0.2, 0.25) is 0 Å². The molecule has 3 fully saturated rings. The molecular formula is C28H41N5O2. The van der Waals surface area contributed by atoms with Gasteiger partial charge >= 0.3 is 0 Å². The quantitative estimate of drug-likeness (QED) is 0.603. The van der Waals surface area contributed by atoms with Crippen molar-refractivity contribution < 1.29 is 9.59 Å². The lowest BCUT2D eigenvalue weighted by Gasteiger charge is -2.36. The number of anilines is 1. The van der Waals surface area contributed by atoms with Crippen LogP contribution in [-0.4, -0.2) is 59.2 Å². The normalized spacial score (nSPS) is 23.6. The molecular weight excluding hydrogens is 438 g/mol. The Kier molecular flexibility index (Phi) is 7.42. The highest BCUT2D eigenvalue weighted by Gasteiger charge is 2.31. The fourth-order valence-corrected chi connectivity index (χ4v) is 6.42. The van der Waals surface area contributed by atoms with E-state index in [4.69, 9.17) is 0 Å². The van der Waals surface area contributed by atoms with Gasteiger partial charge in [-0.2, -0.15) is 5.10 Å². The van der Waals surface area contributed by atoms with Crippen molar-refractivity contribution in [1.29, 1.82) is 0 Å². The zero-order chi connectivity index (χ0) is 24.4. The third kappa shape index (κ3) is 5.55. The van der Waals surface area contributed by atoms with Crippen LogP contribution in [0, 0.1) is 11.8 Å². The molecule has 0 spiro atoms. The van der Waals surface area contributed by atoms with Gasteiger partial charge in [0.15, 0.2) is 0 Å². The summed E-state index contributed by atoms with van der Waals surface area (Å²) in [6, 6.07) is 6.48. The van der Waals surface area contributed by atoms with Gasteiger partial charge in [0.1, 0.15) is 0 Å². The number of piperidine rings is 1. The maximum Gasteiger partial charge on any atom is 0.235 e. The summed E-state index contributed by atoms with van der Waals surface area (Å²) in [5, 5.41) is 8.16. The van der Waals surface area contributed by atoms with Crippen molar-refractivity contribution in [3.63, 3.8) is 0 Å². The monoisotopic (exact) mass is 479 g/mol. The third-order valence-electron chi connectivity index (χ3n) is 8.57.